The molecule has 0 radical (unpaired) electrons. The maximum atomic E-state index is 12.5. The number of carbonyl (C=O) groups excluding carboxylic acids is 1. The first-order valence-electron chi connectivity index (χ1n) is 9.19. The molecule has 0 aliphatic rings. The molecule has 3 aromatic rings. The molecule has 3 rings (SSSR count). The maximum Gasteiger partial charge on any atom is 0.243 e. The Morgan fingerprint density at radius 3 is 2.48 bits per heavy atom. The van der Waals surface area contributed by atoms with E-state index in [0.29, 0.717) is 24.5 Å². The van der Waals surface area contributed by atoms with Gasteiger partial charge in [-0.05, 0) is 36.4 Å². The van der Waals surface area contributed by atoms with Gasteiger partial charge in [0.2, 0.25) is 15.9 Å². The minimum absolute atomic E-state index is 0.135. The first-order valence-corrected chi connectivity index (χ1v) is 11.5. The zero-order valence-corrected chi connectivity index (χ0v) is 17.8. The van der Waals surface area contributed by atoms with E-state index in [2.05, 4.69) is 15.3 Å². The first kappa shape index (κ1) is 21.1. The Hall–Kier alpha value is -2.62. The van der Waals surface area contributed by atoms with Crippen LogP contribution in [0.4, 0.5) is 5.69 Å². The van der Waals surface area contributed by atoms with Crippen molar-refractivity contribution in [3.05, 3.63) is 59.9 Å². The molecule has 0 spiro atoms. The van der Waals surface area contributed by atoms with Crippen LogP contribution in [0.5, 0.6) is 0 Å². The molecule has 7 nitrogen and oxygen atoms in total. The van der Waals surface area contributed by atoms with E-state index < -0.39 is 10.0 Å². The molecule has 29 heavy (non-hydrogen) atoms. The summed E-state index contributed by atoms with van der Waals surface area (Å²) in [7, 11) is -3.51. The lowest BCUT2D eigenvalue weighted by atomic mass is 10.2. The minimum Gasteiger partial charge on any atom is -0.326 e. The van der Waals surface area contributed by atoms with Crippen LogP contribution in [-0.2, 0) is 21.2 Å². The molecule has 2 aromatic heterocycles. The van der Waals surface area contributed by atoms with Crippen molar-refractivity contribution in [2.45, 2.75) is 25.2 Å². The molecule has 1 aromatic carbocycles. The third-order valence-electron chi connectivity index (χ3n) is 4.28. The fraction of sp³-hybridized carbons (Fsp3) is 0.250. The molecule has 0 fully saturated rings. The van der Waals surface area contributed by atoms with Crippen LogP contribution in [0.3, 0.4) is 0 Å². The number of nitrogens with zero attached hydrogens (tertiary/aromatic N) is 3. The number of anilines is 1. The molecule has 1 amide bonds. The summed E-state index contributed by atoms with van der Waals surface area (Å²) >= 11 is 1.46. The number of hydrogen-bond donors (Lipinski definition) is 1. The van der Waals surface area contributed by atoms with Crippen LogP contribution in [0.25, 0.3) is 10.6 Å². The topological polar surface area (TPSA) is 92.3 Å². The number of rotatable bonds is 8. The zero-order chi connectivity index (χ0) is 20.9. The Bertz CT molecular complexity index is 1060. The molecule has 0 aliphatic carbocycles. The molecule has 1 N–H and O–H groups in total. The van der Waals surface area contributed by atoms with E-state index in [1.807, 2.05) is 17.5 Å². The van der Waals surface area contributed by atoms with Crippen molar-refractivity contribution in [3.8, 4) is 10.6 Å². The Labute approximate surface area is 174 Å². The third kappa shape index (κ3) is 5.06. The van der Waals surface area contributed by atoms with Crippen molar-refractivity contribution >= 4 is 33.0 Å². The van der Waals surface area contributed by atoms with Crippen molar-refractivity contribution in [1.29, 1.82) is 0 Å². The summed E-state index contributed by atoms with van der Waals surface area (Å²) in [5.74, 6) is -0.215. The summed E-state index contributed by atoms with van der Waals surface area (Å²) in [5.41, 5.74) is 2.12. The molecule has 0 aliphatic heterocycles. The van der Waals surface area contributed by atoms with Crippen LogP contribution in [0.1, 0.15) is 19.5 Å². The van der Waals surface area contributed by atoms with Crippen LogP contribution in [0, 0.1) is 0 Å². The van der Waals surface area contributed by atoms with E-state index in [0.717, 1.165) is 10.6 Å². The monoisotopic (exact) mass is 430 g/mol. The molecule has 0 saturated heterocycles. The van der Waals surface area contributed by atoms with E-state index in [9.17, 15) is 13.2 Å². The van der Waals surface area contributed by atoms with Gasteiger partial charge in [-0.25, -0.2) is 13.4 Å². The number of pyridine rings is 1. The Balaban J connectivity index is 1.64. The summed E-state index contributed by atoms with van der Waals surface area (Å²) in [5, 5.41) is 5.44. The van der Waals surface area contributed by atoms with Crippen LogP contribution in [0.15, 0.2) is 59.1 Å². The van der Waals surface area contributed by atoms with Crippen molar-refractivity contribution in [3.63, 3.8) is 0 Å². The van der Waals surface area contributed by atoms with Gasteiger partial charge in [-0.1, -0.05) is 13.8 Å². The number of thiazole rings is 1. The van der Waals surface area contributed by atoms with Gasteiger partial charge in [0.1, 0.15) is 5.01 Å². The fourth-order valence-electron chi connectivity index (χ4n) is 2.80. The van der Waals surface area contributed by atoms with E-state index in [4.69, 9.17) is 0 Å². The number of nitrogens with one attached hydrogen (secondary N) is 1. The Morgan fingerprint density at radius 1 is 1.14 bits per heavy atom. The summed E-state index contributed by atoms with van der Waals surface area (Å²) in [4.78, 5) is 21.1. The number of hydrogen-bond acceptors (Lipinski definition) is 6. The minimum atomic E-state index is -3.51. The lowest BCUT2D eigenvalue weighted by Crippen LogP contribution is -2.30. The second kappa shape index (κ2) is 9.25. The highest BCUT2D eigenvalue weighted by Gasteiger charge is 2.21. The van der Waals surface area contributed by atoms with Gasteiger partial charge in [0.05, 0.1) is 17.0 Å². The summed E-state index contributed by atoms with van der Waals surface area (Å²) in [6, 6.07) is 9.96. The number of carbonyl (C=O) groups is 1. The van der Waals surface area contributed by atoms with Crippen LogP contribution in [-0.4, -0.2) is 41.7 Å². The summed E-state index contributed by atoms with van der Waals surface area (Å²) < 4.78 is 26.4. The first-order chi connectivity index (χ1) is 13.9. The van der Waals surface area contributed by atoms with Crippen LogP contribution in [0.2, 0.25) is 0 Å². The highest BCUT2D eigenvalue weighted by atomic mass is 32.2. The highest BCUT2D eigenvalue weighted by molar-refractivity contribution is 7.89. The SMILES string of the molecule is CCN(CC)S(=O)(=O)c1ccc(NC(=O)Cc2csc(-c3cccnc3)n2)cc1. The Morgan fingerprint density at radius 2 is 1.86 bits per heavy atom. The lowest BCUT2D eigenvalue weighted by Gasteiger charge is -2.18. The predicted molar refractivity (Wildman–Crippen MR) is 114 cm³/mol. The number of sulfonamides is 1. The second-order valence-electron chi connectivity index (χ2n) is 6.22. The van der Waals surface area contributed by atoms with E-state index >= 15 is 0 Å². The van der Waals surface area contributed by atoms with Gasteiger partial charge < -0.3 is 5.32 Å². The van der Waals surface area contributed by atoms with E-state index in [-0.39, 0.29) is 17.2 Å². The second-order valence-corrected chi connectivity index (χ2v) is 9.02. The standard InChI is InChI=1S/C20H22N4O3S2/c1-3-24(4-2)29(26,27)18-9-7-16(8-10-18)22-19(25)12-17-14-28-20(23-17)15-6-5-11-21-13-15/h5-11,13-14H,3-4,12H2,1-2H3,(H,22,25). The van der Waals surface area contributed by atoms with Crippen LogP contribution < -0.4 is 5.32 Å². The van der Waals surface area contributed by atoms with Gasteiger partial charge in [-0.3, -0.25) is 9.78 Å². The van der Waals surface area contributed by atoms with Gasteiger partial charge >= 0.3 is 0 Å². The highest BCUT2D eigenvalue weighted by Crippen LogP contribution is 2.23. The fourth-order valence-corrected chi connectivity index (χ4v) is 5.07. The quantitative estimate of drug-likeness (QED) is 0.591. The molecular weight excluding hydrogens is 408 g/mol. The van der Waals surface area contributed by atoms with Crippen molar-refractivity contribution in [2.24, 2.45) is 0 Å². The average Bonchev–Trinajstić information content (AvgIpc) is 3.18. The number of benzene rings is 1. The Kier molecular flexibility index (Phi) is 6.73. The molecule has 0 saturated carbocycles. The molecule has 9 heteroatoms. The average molecular weight is 431 g/mol. The summed E-state index contributed by atoms with van der Waals surface area (Å²) in [6.07, 6.45) is 3.57. The van der Waals surface area contributed by atoms with Gasteiger partial charge in [-0.2, -0.15) is 4.31 Å². The van der Waals surface area contributed by atoms with Gasteiger partial charge in [0.25, 0.3) is 0 Å². The lowest BCUT2D eigenvalue weighted by molar-refractivity contribution is -0.115. The van der Waals surface area contributed by atoms with E-state index in [1.165, 1.54) is 27.8 Å². The van der Waals surface area contributed by atoms with Gasteiger partial charge in [-0.15, -0.1) is 11.3 Å². The molecule has 0 bridgehead atoms. The maximum absolute atomic E-state index is 12.5. The summed E-state index contributed by atoms with van der Waals surface area (Å²) in [6.45, 7) is 4.42. The molecular formula is C20H22N4O3S2. The van der Waals surface area contributed by atoms with Crippen molar-refractivity contribution in [2.75, 3.05) is 18.4 Å². The predicted octanol–water partition coefficient (Wildman–Crippen LogP) is 3.42. The van der Waals surface area contributed by atoms with Gasteiger partial charge in [0, 0.05) is 42.1 Å². The smallest absolute Gasteiger partial charge is 0.243 e. The van der Waals surface area contributed by atoms with Gasteiger partial charge in [0.15, 0.2) is 0 Å². The molecule has 152 valence electrons. The normalized spacial score (nSPS) is 11.6. The zero-order valence-electron chi connectivity index (χ0n) is 16.2. The molecule has 2 heterocycles. The molecule has 0 atom stereocenters. The third-order valence-corrected chi connectivity index (χ3v) is 7.29. The van der Waals surface area contributed by atoms with Crippen LogP contribution >= 0.6 is 11.3 Å². The van der Waals surface area contributed by atoms with Crippen molar-refractivity contribution in [1.82, 2.24) is 14.3 Å². The largest absolute Gasteiger partial charge is 0.326 e. The van der Waals surface area contributed by atoms with E-state index in [1.54, 1.807) is 38.4 Å². The molecule has 0 unspecified atom stereocenters. The number of amides is 1. The van der Waals surface area contributed by atoms with Crippen molar-refractivity contribution < 1.29 is 13.2 Å². The number of aromatic nitrogens is 2.